The number of aromatic nitrogens is 1. The second kappa shape index (κ2) is 10.3. The Kier molecular flexibility index (Phi) is 6.59. The van der Waals surface area contributed by atoms with Crippen molar-refractivity contribution in [2.75, 3.05) is 26.2 Å². The summed E-state index contributed by atoms with van der Waals surface area (Å²) in [7, 11) is 0. The minimum Gasteiger partial charge on any atom is -0.338 e. The number of amides is 2. The van der Waals surface area contributed by atoms with Crippen LogP contribution in [0.2, 0.25) is 0 Å². The van der Waals surface area contributed by atoms with Crippen molar-refractivity contribution in [1.29, 1.82) is 0 Å². The topological polar surface area (TPSA) is 56.8 Å². The number of carbonyl (C=O) groups is 2. The van der Waals surface area contributed by atoms with Gasteiger partial charge in [0.25, 0.3) is 5.91 Å². The monoisotopic (exact) mass is 552 g/mol. The van der Waals surface area contributed by atoms with Crippen LogP contribution >= 0.6 is 11.3 Å². The van der Waals surface area contributed by atoms with E-state index in [1.165, 1.54) is 0 Å². The molecule has 0 saturated carbocycles. The van der Waals surface area contributed by atoms with E-state index >= 15 is 0 Å². The molecule has 206 valence electrons. The quantitative estimate of drug-likeness (QED) is 0.293. The van der Waals surface area contributed by atoms with Crippen LogP contribution in [0.15, 0.2) is 66.2 Å². The molecule has 0 bridgehead atoms. The smallest absolute Gasteiger partial charge is 0.255 e. The van der Waals surface area contributed by atoms with Crippen molar-refractivity contribution in [2.24, 2.45) is 5.41 Å². The second-order valence-electron chi connectivity index (χ2n) is 12.0. The van der Waals surface area contributed by atoms with Crippen LogP contribution in [0.1, 0.15) is 54.4 Å². The lowest BCUT2D eigenvalue weighted by Gasteiger charge is -2.45. The summed E-state index contributed by atoms with van der Waals surface area (Å²) in [6, 6.07) is 19.3. The standard InChI is InChI=1S/C33H36N4O2S/c1-23-20-33(32(39)37(23)21-29-34-14-18-40-29)13-6-15-36(22-33)26-11-16-35(17-12-26)31(38)30-27-9-4-2-7-24(27)19-25-8-3-5-10-28(25)30/h2-5,7-10,14,18-19,23,26H,6,11-13,15-17,20-22H2,1H3. The molecule has 0 aliphatic carbocycles. The first kappa shape index (κ1) is 25.7. The molecule has 4 aromatic rings. The lowest BCUT2D eigenvalue weighted by Crippen LogP contribution is -2.54. The zero-order chi connectivity index (χ0) is 27.3. The molecule has 3 aromatic carbocycles. The van der Waals surface area contributed by atoms with Gasteiger partial charge in [0.15, 0.2) is 0 Å². The summed E-state index contributed by atoms with van der Waals surface area (Å²) < 4.78 is 0. The zero-order valence-electron chi connectivity index (χ0n) is 23.1. The highest BCUT2D eigenvalue weighted by Crippen LogP contribution is 2.45. The molecular formula is C33H36N4O2S. The largest absolute Gasteiger partial charge is 0.338 e. The molecule has 40 heavy (non-hydrogen) atoms. The molecule has 2 atom stereocenters. The Hall–Kier alpha value is -3.29. The van der Waals surface area contributed by atoms with Gasteiger partial charge in [-0.3, -0.25) is 14.5 Å². The van der Waals surface area contributed by atoms with Gasteiger partial charge in [0.2, 0.25) is 5.91 Å². The number of piperidine rings is 2. The van der Waals surface area contributed by atoms with Crippen molar-refractivity contribution < 1.29 is 9.59 Å². The summed E-state index contributed by atoms with van der Waals surface area (Å²) in [6.07, 6.45) is 6.70. The highest BCUT2D eigenvalue weighted by Gasteiger charge is 2.52. The number of carbonyl (C=O) groups excluding carboxylic acids is 2. The third-order valence-electron chi connectivity index (χ3n) is 9.58. The summed E-state index contributed by atoms with van der Waals surface area (Å²) in [5, 5.41) is 7.28. The molecule has 2 amide bonds. The molecule has 1 spiro atoms. The third kappa shape index (κ3) is 4.40. The summed E-state index contributed by atoms with van der Waals surface area (Å²) in [6.45, 7) is 6.22. The Morgan fingerprint density at radius 3 is 2.40 bits per heavy atom. The molecule has 4 heterocycles. The van der Waals surface area contributed by atoms with Crippen LogP contribution in [-0.2, 0) is 11.3 Å². The Morgan fingerprint density at radius 2 is 1.73 bits per heavy atom. The van der Waals surface area contributed by atoms with Gasteiger partial charge in [-0.05, 0) is 73.2 Å². The maximum Gasteiger partial charge on any atom is 0.255 e. The first-order valence-electron chi connectivity index (χ1n) is 14.7. The number of rotatable bonds is 4. The minimum absolute atomic E-state index is 0.138. The first-order chi connectivity index (χ1) is 19.5. The lowest BCUT2D eigenvalue weighted by molar-refractivity contribution is -0.140. The molecular weight excluding hydrogens is 516 g/mol. The Morgan fingerprint density at radius 1 is 1.02 bits per heavy atom. The van der Waals surface area contributed by atoms with Gasteiger partial charge in [-0.2, -0.15) is 0 Å². The van der Waals surface area contributed by atoms with Crippen LogP contribution in [0.25, 0.3) is 21.5 Å². The molecule has 3 aliphatic heterocycles. The van der Waals surface area contributed by atoms with Gasteiger partial charge in [-0.25, -0.2) is 4.98 Å². The molecule has 7 heteroatoms. The van der Waals surface area contributed by atoms with Gasteiger partial charge < -0.3 is 9.80 Å². The molecule has 3 saturated heterocycles. The zero-order valence-corrected chi connectivity index (χ0v) is 23.9. The summed E-state index contributed by atoms with van der Waals surface area (Å²) in [5.41, 5.74) is 0.555. The van der Waals surface area contributed by atoms with Crippen LogP contribution in [0, 0.1) is 5.41 Å². The average molecular weight is 553 g/mol. The van der Waals surface area contributed by atoms with Gasteiger partial charge in [0.05, 0.1) is 17.5 Å². The highest BCUT2D eigenvalue weighted by atomic mass is 32.1. The van der Waals surface area contributed by atoms with E-state index in [4.69, 9.17) is 0 Å². The minimum atomic E-state index is -0.274. The number of benzene rings is 3. The first-order valence-corrected chi connectivity index (χ1v) is 15.5. The van der Waals surface area contributed by atoms with Crippen LogP contribution in [0.5, 0.6) is 0 Å². The summed E-state index contributed by atoms with van der Waals surface area (Å²) in [4.78, 5) is 38.9. The summed E-state index contributed by atoms with van der Waals surface area (Å²) >= 11 is 1.63. The van der Waals surface area contributed by atoms with Gasteiger partial charge in [0.1, 0.15) is 5.01 Å². The van der Waals surface area contributed by atoms with Crippen molar-refractivity contribution in [3.63, 3.8) is 0 Å². The van der Waals surface area contributed by atoms with E-state index in [1.807, 2.05) is 35.8 Å². The highest BCUT2D eigenvalue weighted by molar-refractivity contribution is 7.09. The van der Waals surface area contributed by atoms with E-state index in [0.29, 0.717) is 18.5 Å². The van der Waals surface area contributed by atoms with Crippen molar-refractivity contribution in [3.05, 3.63) is 76.7 Å². The van der Waals surface area contributed by atoms with Crippen molar-refractivity contribution >= 4 is 44.7 Å². The van der Waals surface area contributed by atoms with Crippen LogP contribution in [-0.4, -0.2) is 69.8 Å². The Balaban J connectivity index is 1.06. The van der Waals surface area contributed by atoms with Gasteiger partial charge in [0, 0.05) is 43.3 Å². The average Bonchev–Trinajstić information content (AvgIpc) is 3.58. The Bertz CT molecular complexity index is 1510. The van der Waals surface area contributed by atoms with E-state index in [9.17, 15) is 9.59 Å². The number of likely N-dealkylation sites (tertiary alicyclic amines) is 3. The fourth-order valence-corrected chi connectivity index (χ4v) is 8.24. The second-order valence-corrected chi connectivity index (χ2v) is 13.0. The fourth-order valence-electron chi connectivity index (χ4n) is 7.63. The molecule has 3 fully saturated rings. The van der Waals surface area contributed by atoms with Gasteiger partial charge >= 0.3 is 0 Å². The predicted molar refractivity (Wildman–Crippen MR) is 160 cm³/mol. The van der Waals surface area contributed by atoms with E-state index in [0.717, 1.165) is 90.4 Å². The molecule has 7 rings (SSSR count). The van der Waals surface area contributed by atoms with Crippen molar-refractivity contribution in [1.82, 2.24) is 19.7 Å². The molecule has 6 nitrogen and oxygen atoms in total. The third-order valence-corrected chi connectivity index (χ3v) is 10.3. The molecule has 0 radical (unpaired) electrons. The lowest BCUT2D eigenvalue weighted by atomic mass is 9.76. The van der Waals surface area contributed by atoms with E-state index < -0.39 is 0 Å². The van der Waals surface area contributed by atoms with Crippen molar-refractivity contribution in [2.45, 2.75) is 57.7 Å². The fraction of sp³-hybridized carbons (Fsp3) is 0.424. The maximum atomic E-state index is 14.0. The normalized spacial score (nSPS) is 24.5. The van der Waals surface area contributed by atoms with E-state index in [-0.39, 0.29) is 17.4 Å². The van der Waals surface area contributed by atoms with Crippen molar-refractivity contribution in [3.8, 4) is 0 Å². The van der Waals surface area contributed by atoms with E-state index in [2.05, 4.69) is 56.9 Å². The van der Waals surface area contributed by atoms with E-state index in [1.54, 1.807) is 11.3 Å². The predicted octanol–water partition coefficient (Wildman–Crippen LogP) is 5.96. The van der Waals surface area contributed by atoms with Gasteiger partial charge in [-0.1, -0.05) is 48.5 Å². The molecule has 1 aromatic heterocycles. The molecule has 3 aliphatic rings. The van der Waals surface area contributed by atoms with Crippen LogP contribution < -0.4 is 0 Å². The molecule has 2 unspecified atom stereocenters. The van der Waals surface area contributed by atoms with Crippen LogP contribution in [0.3, 0.4) is 0 Å². The maximum absolute atomic E-state index is 14.0. The number of thiazole rings is 1. The Labute approximate surface area is 239 Å². The number of hydrogen-bond acceptors (Lipinski definition) is 5. The van der Waals surface area contributed by atoms with Crippen LogP contribution in [0.4, 0.5) is 0 Å². The molecule has 0 N–H and O–H groups in total. The number of hydrogen-bond donors (Lipinski definition) is 0. The SMILES string of the molecule is CC1CC2(CCCN(C3CCN(C(=O)c4c5ccccc5cc5ccccc45)CC3)C2)C(=O)N1Cc1nccs1. The van der Waals surface area contributed by atoms with Gasteiger partial charge in [-0.15, -0.1) is 11.3 Å². The number of fused-ring (bicyclic) bond motifs is 2. The summed E-state index contributed by atoms with van der Waals surface area (Å²) in [5.74, 6) is 0.453. The number of nitrogens with zero attached hydrogens (tertiary/aromatic N) is 4.